The molecule has 2 N–H and O–H groups in total. The Hall–Kier alpha value is -3.00. The van der Waals surface area contributed by atoms with Crippen molar-refractivity contribution in [3.05, 3.63) is 86.3 Å². The molecule has 3 aromatic carbocycles. The van der Waals surface area contributed by atoms with Crippen molar-refractivity contribution in [2.75, 3.05) is 23.8 Å². The molecule has 2 saturated heterocycles. The maximum Gasteiger partial charge on any atom is 0.264 e. The second kappa shape index (κ2) is 11.1. The number of nitrogens with one attached hydrogen (secondary N) is 2. The number of benzene rings is 3. The molecule has 4 atom stereocenters. The van der Waals surface area contributed by atoms with Gasteiger partial charge in [0.2, 0.25) is 11.8 Å². The van der Waals surface area contributed by atoms with E-state index in [-0.39, 0.29) is 41.9 Å². The third kappa shape index (κ3) is 5.15. The lowest BCUT2D eigenvalue weighted by Gasteiger charge is -2.37. The number of sulfonamides is 1. The van der Waals surface area contributed by atoms with Gasteiger partial charge in [-0.2, -0.15) is 0 Å². The zero-order chi connectivity index (χ0) is 32.6. The minimum atomic E-state index is -4.54. The Morgan fingerprint density at radius 2 is 1.62 bits per heavy atom. The van der Waals surface area contributed by atoms with Crippen LogP contribution in [0.4, 0.5) is 20.2 Å². The summed E-state index contributed by atoms with van der Waals surface area (Å²) < 4.78 is 59.3. The topological polar surface area (TPSA) is 116 Å². The Balaban J connectivity index is 1.57. The van der Waals surface area contributed by atoms with Crippen molar-refractivity contribution in [2.45, 2.75) is 28.8 Å². The Kier molecular flexibility index (Phi) is 7.86. The maximum atomic E-state index is 15.3. The number of fused-ring (bicyclic) bond motifs is 4. The standard InChI is InChI=1S/C29H22Cl4F2N4O5S/c1-38(17-8-14(30)7-15(31)9-17)26(41)22-21-12-28(34,35)13-39(21)29(19-10-16(32)11-20(33)24(19)36-27(29)42)23(22)25(40)37-45(43,44)18-5-3-2-4-6-18/h2-11,21-23H,12-13H2,1H3,(H,36,42)(H,37,40)/t21-,22+,23-,29+/m1/s1. The highest BCUT2D eigenvalue weighted by molar-refractivity contribution is 7.90. The van der Waals surface area contributed by atoms with E-state index in [1.165, 1.54) is 61.6 Å². The molecule has 3 aliphatic rings. The predicted octanol–water partition coefficient (Wildman–Crippen LogP) is 5.57. The maximum absolute atomic E-state index is 15.3. The van der Waals surface area contributed by atoms with E-state index >= 15 is 8.78 Å². The number of carbonyl (C=O) groups excluding carboxylic acids is 3. The van der Waals surface area contributed by atoms with Crippen LogP contribution in [-0.4, -0.2) is 56.6 Å². The molecular formula is C29H22Cl4F2N4O5S. The number of carbonyl (C=O) groups is 3. The number of alkyl halides is 2. The van der Waals surface area contributed by atoms with Crippen molar-refractivity contribution in [1.82, 2.24) is 9.62 Å². The minimum Gasteiger partial charge on any atom is -0.323 e. The summed E-state index contributed by atoms with van der Waals surface area (Å²) in [6.45, 7) is -1.01. The molecule has 0 radical (unpaired) electrons. The second-order valence-corrected chi connectivity index (χ2v) is 14.5. The van der Waals surface area contributed by atoms with Gasteiger partial charge in [0, 0.05) is 45.8 Å². The minimum absolute atomic E-state index is 0.00632. The van der Waals surface area contributed by atoms with Crippen LogP contribution in [0.15, 0.2) is 65.6 Å². The van der Waals surface area contributed by atoms with Gasteiger partial charge in [-0.15, -0.1) is 0 Å². The van der Waals surface area contributed by atoms with Gasteiger partial charge in [0.15, 0.2) is 0 Å². The lowest BCUT2D eigenvalue weighted by Crippen LogP contribution is -2.57. The summed E-state index contributed by atoms with van der Waals surface area (Å²) >= 11 is 25.1. The molecule has 16 heteroatoms. The number of nitrogens with zero attached hydrogens (tertiary/aromatic N) is 2. The highest BCUT2D eigenvalue weighted by atomic mass is 35.5. The monoisotopic (exact) mass is 716 g/mol. The van der Waals surface area contributed by atoms with Crippen LogP contribution >= 0.6 is 46.4 Å². The zero-order valence-corrected chi connectivity index (χ0v) is 26.9. The van der Waals surface area contributed by atoms with Crippen molar-refractivity contribution in [3.8, 4) is 0 Å². The summed E-state index contributed by atoms with van der Waals surface area (Å²) in [6, 6.07) is 12.4. The second-order valence-electron chi connectivity index (χ2n) is 11.1. The van der Waals surface area contributed by atoms with E-state index in [9.17, 15) is 22.8 Å². The predicted molar refractivity (Wildman–Crippen MR) is 165 cm³/mol. The van der Waals surface area contributed by atoms with Gasteiger partial charge < -0.3 is 10.2 Å². The lowest BCUT2D eigenvalue weighted by molar-refractivity contribution is -0.140. The van der Waals surface area contributed by atoms with Crippen molar-refractivity contribution >= 4 is 85.5 Å². The lowest BCUT2D eigenvalue weighted by atomic mass is 9.73. The molecule has 0 unspecified atom stereocenters. The molecule has 0 aliphatic carbocycles. The number of hydrogen-bond donors (Lipinski definition) is 2. The van der Waals surface area contributed by atoms with Crippen LogP contribution in [-0.2, 0) is 29.9 Å². The van der Waals surface area contributed by atoms with Gasteiger partial charge in [0.25, 0.3) is 21.9 Å². The molecule has 9 nitrogen and oxygen atoms in total. The number of hydrogen-bond acceptors (Lipinski definition) is 6. The largest absolute Gasteiger partial charge is 0.323 e. The first-order chi connectivity index (χ1) is 21.1. The van der Waals surface area contributed by atoms with E-state index in [2.05, 4.69) is 5.32 Å². The number of anilines is 2. The SMILES string of the molecule is CN(C(=O)[C@H]1[C@H]2CC(F)(F)CN2[C@]2(C(=O)Nc3c(Cl)cc(Cl)cc32)[C@H]1C(=O)NS(=O)(=O)c1ccccc1)c1cc(Cl)cc(Cl)c1. The van der Waals surface area contributed by atoms with Crippen LogP contribution in [0.5, 0.6) is 0 Å². The van der Waals surface area contributed by atoms with Crippen LogP contribution in [0, 0.1) is 11.8 Å². The van der Waals surface area contributed by atoms with Gasteiger partial charge in [0.05, 0.1) is 34.0 Å². The van der Waals surface area contributed by atoms with Crippen LogP contribution < -0.4 is 14.9 Å². The van der Waals surface area contributed by atoms with Crippen molar-refractivity contribution in [3.63, 3.8) is 0 Å². The average molecular weight is 718 g/mol. The molecule has 0 bridgehead atoms. The van der Waals surface area contributed by atoms with Crippen molar-refractivity contribution < 1.29 is 31.6 Å². The third-order valence-electron chi connectivity index (χ3n) is 8.46. The van der Waals surface area contributed by atoms with Gasteiger partial charge in [-0.1, -0.05) is 64.6 Å². The summed E-state index contributed by atoms with van der Waals surface area (Å²) in [5.74, 6) is -9.95. The smallest absolute Gasteiger partial charge is 0.264 e. The van der Waals surface area contributed by atoms with Crippen LogP contribution in [0.1, 0.15) is 12.0 Å². The molecule has 6 rings (SSSR count). The van der Waals surface area contributed by atoms with Gasteiger partial charge in [-0.3, -0.25) is 19.3 Å². The first-order valence-corrected chi connectivity index (χ1v) is 16.4. The number of halogens is 6. The van der Waals surface area contributed by atoms with Gasteiger partial charge >= 0.3 is 0 Å². The van der Waals surface area contributed by atoms with Crippen LogP contribution in [0.25, 0.3) is 0 Å². The van der Waals surface area contributed by atoms with E-state index in [0.29, 0.717) is 0 Å². The first kappa shape index (κ1) is 32.0. The molecule has 3 amide bonds. The van der Waals surface area contributed by atoms with Gasteiger partial charge in [0.1, 0.15) is 5.54 Å². The summed E-state index contributed by atoms with van der Waals surface area (Å²) in [6.07, 6.45) is -0.901. The summed E-state index contributed by atoms with van der Waals surface area (Å²) in [4.78, 5) is 44.8. The fourth-order valence-electron chi connectivity index (χ4n) is 6.74. The fourth-order valence-corrected chi connectivity index (χ4v) is 8.82. The summed E-state index contributed by atoms with van der Waals surface area (Å²) in [5.41, 5.74) is -2.15. The van der Waals surface area contributed by atoms with E-state index in [1.807, 2.05) is 4.72 Å². The van der Waals surface area contributed by atoms with E-state index in [1.54, 1.807) is 6.07 Å². The van der Waals surface area contributed by atoms with E-state index in [4.69, 9.17) is 46.4 Å². The van der Waals surface area contributed by atoms with E-state index in [0.717, 1.165) is 9.80 Å². The van der Waals surface area contributed by atoms with Crippen LogP contribution in [0.3, 0.4) is 0 Å². The number of amides is 3. The normalized spacial score (nSPS) is 25.1. The highest BCUT2D eigenvalue weighted by Crippen LogP contribution is 2.61. The molecule has 3 aliphatic heterocycles. The van der Waals surface area contributed by atoms with E-state index < -0.39 is 70.0 Å². The molecule has 1 spiro atoms. The molecule has 2 fully saturated rings. The van der Waals surface area contributed by atoms with Crippen molar-refractivity contribution in [1.29, 1.82) is 0 Å². The quantitative estimate of drug-likeness (QED) is 0.357. The molecule has 3 aromatic rings. The van der Waals surface area contributed by atoms with Gasteiger partial charge in [-0.05, 0) is 42.5 Å². The Morgan fingerprint density at radius 3 is 2.27 bits per heavy atom. The molecule has 3 heterocycles. The molecule has 0 aromatic heterocycles. The fraction of sp³-hybridized carbons (Fsp3) is 0.276. The molecule has 0 saturated carbocycles. The summed E-state index contributed by atoms with van der Waals surface area (Å²) in [7, 11) is -3.21. The third-order valence-corrected chi connectivity index (χ3v) is 10.8. The van der Waals surface area contributed by atoms with Gasteiger partial charge in [-0.25, -0.2) is 21.9 Å². The molecule has 236 valence electrons. The Bertz CT molecular complexity index is 1860. The zero-order valence-electron chi connectivity index (χ0n) is 23.0. The van der Waals surface area contributed by atoms with Crippen molar-refractivity contribution in [2.24, 2.45) is 11.8 Å². The summed E-state index contributed by atoms with van der Waals surface area (Å²) in [5, 5.41) is 2.90. The average Bonchev–Trinajstić information content (AvgIpc) is 3.53. The van der Waals surface area contributed by atoms with Crippen LogP contribution in [0.2, 0.25) is 20.1 Å². The Labute approximate surface area is 276 Å². The first-order valence-electron chi connectivity index (χ1n) is 13.4. The number of rotatable bonds is 5. The highest BCUT2D eigenvalue weighted by Gasteiger charge is 2.74. The molecular weight excluding hydrogens is 696 g/mol. The Morgan fingerprint density at radius 1 is 1.00 bits per heavy atom. The molecule has 45 heavy (non-hydrogen) atoms.